The SMILES string of the molecule is COc1ccc(S(N)(=O)=O)cc1C(=O)NCCc1cccc(Cl)c1. The van der Waals surface area contributed by atoms with Gasteiger partial charge in [0.2, 0.25) is 10.0 Å². The van der Waals surface area contributed by atoms with Gasteiger partial charge in [0.15, 0.2) is 0 Å². The second kappa shape index (κ2) is 7.65. The molecule has 0 bridgehead atoms. The highest BCUT2D eigenvalue weighted by Crippen LogP contribution is 2.21. The summed E-state index contributed by atoms with van der Waals surface area (Å²) < 4.78 is 28.0. The molecule has 2 aromatic rings. The number of nitrogens with one attached hydrogen (secondary N) is 1. The Kier molecular flexibility index (Phi) is 5.82. The van der Waals surface area contributed by atoms with E-state index >= 15 is 0 Å². The maximum atomic E-state index is 12.3. The average molecular weight is 369 g/mol. The average Bonchev–Trinajstić information content (AvgIpc) is 2.53. The van der Waals surface area contributed by atoms with Gasteiger partial charge in [-0.2, -0.15) is 0 Å². The van der Waals surface area contributed by atoms with Crippen molar-refractivity contribution in [1.82, 2.24) is 5.32 Å². The zero-order valence-electron chi connectivity index (χ0n) is 13.0. The summed E-state index contributed by atoms with van der Waals surface area (Å²) in [7, 11) is -2.50. The minimum atomic E-state index is -3.90. The number of amides is 1. The van der Waals surface area contributed by atoms with E-state index in [2.05, 4.69) is 5.32 Å². The minimum Gasteiger partial charge on any atom is -0.496 e. The predicted octanol–water partition coefficient (Wildman–Crippen LogP) is 1.97. The number of rotatable bonds is 6. The number of hydrogen-bond acceptors (Lipinski definition) is 4. The van der Waals surface area contributed by atoms with E-state index in [0.29, 0.717) is 18.0 Å². The monoisotopic (exact) mass is 368 g/mol. The number of benzene rings is 2. The van der Waals surface area contributed by atoms with Crippen LogP contribution >= 0.6 is 11.6 Å². The highest BCUT2D eigenvalue weighted by Gasteiger charge is 2.17. The third-order valence-corrected chi connectivity index (χ3v) is 4.48. The zero-order valence-corrected chi connectivity index (χ0v) is 14.5. The Morgan fingerprint density at radius 1 is 1.25 bits per heavy atom. The third-order valence-electron chi connectivity index (χ3n) is 3.33. The Labute approximate surface area is 145 Å². The van der Waals surface area contributed by atoms with Gasteiger partial charge in [-0.1, -0.05) is 23.7 Å². The van der Waals surface area contributed by atoms with Crippen LogP contribution in [0.15, 0.2) is 47.4 Å². The number of carbonyl (C=O) groups is 1. The molecule has 0 aliphatic heterocycles. The van der Waals surface area contributed by atoms with Crippen molar-refractivity contribution in [2.45, 2.75) is 11.3 Å². The van der Waals surface area contributed by atoms with Crippen LogP contribution in [-0.4, -0.2) is 28.0 Å². The molecule has 0 saturated heterocycles. The van der Waals surface area contributed by atoms with Gasteiger partial charge in [-0.25, -0.2) is 13.6 Å². The van der Waals surface area contributed by atoms with E-state index in [1.165, 1.54) is 25.3 Å². The number of halogens is 1. The molecule has 1 amide bonds. The number of hydrogen-bond donors (Lipinski definition) is 2. The van der Waals surface area contributed by atoms with Crippen molar-refractivity contribution in [3.63, 3.8) is 0 Å². The molecule has 0 aliphatic rings. The van der Waals surface area contributed by atoms with E-state index in [1.54, 1.807) is 6.07 Å². The first kappa shape index (κ1) is 18.3. The topological polar surface area (TPSA) is 98.5 Å². The van der Waals surface area contributed by atoms with E-state index < -0.39 is 15.9 Å². The first-order chi connectivity index (χ1) is 11.3. The van der Waals surface area contributed by atoms with Gasteiger partial charge in [0.1, 0.15) is 5.75 Å². The molecule has 8 heteroatoms. The number of ether oxygens (including phenoxy) is 1. The van der Waals surface area contributed by atoms with Gasteiger partial charge < -0.3 is 10.1 Å². The number of carbonyl (C=O) groups excluding carboxylic acids is 1. The van der Waals surface area contributed by atoms with E-state index in [4.69, 9.17) is 21.5 Å². The summed E-state index contributed by atoms with van der Waals surface area (Å²) in [5.74, 6) is -0.179. The van der Waals surface area contributed by atoms with Crippen molar-refractivity contribution >= 4 is 27.5 Å². The summed E-state index contributed by atoms with van der Waals surface area (Å²) in [6, 6.07) is 11.2. The quantitative estimate of drug-likeness (QED) is 0.814. The molecule has 0 saturated carbocycles. The standard InChI is InChI=1S/C16H17ClN2O4S/c1-23-15-6-5-13(24(18,21)22)10-14(15)16(20)19-8-7-11-3-2-4-12(17)9-11/h2-6,9-10H,7-8H2,1H3,(H,19,20)(H2,18,21,22). The molecule has 24 heavy (non-hydrogen) atoms. The van der Waals surface area contributed by atoms with Gasteiger partial charge >= 0.3 is 0 Å². The van der Waals surface area contributed by atoms with Crippen LogP contribution in [0, 0.1) is 0 Å². The van der Waals surface area contributed by atoms with Crippen LogP contribution < -0.4 is 15.2 Å². The van der Waals surface area contributed by atoms with Gasteiger partial charge in [-0.3, -0.25) is 4.79 Å². The van der Waals surface area contributed by atoms with Crippen LogP contribution in [-0.2, 0) is 16.4 Å². The Morgan fingerprint density at radius 3 is 2.62 bits per heavy atom. The Balaban J connectivity index is 2.11. The molecule has 0 aliphatic carbocycles. The number of nitrogens with two attached hydrogens (primary N) is 1. The van der Waals surface area contributed by atoms with Crippen molar-refractivity contribution in [2.24, 2.45) is 5.14 Å². The molecule has 0 atom stereocenters. The van der Waals surface area contributed by atoms with E-state index in [1.807, 2.05) is 18.2 Å². The minimum absolute atomic E-state index is 0.107. The third kappa shape index (κ3) is 4.70. The summed E-state index contributed by atoms with van der Waals surface area (Å²) in [5.41, 5.74) is 1.09. The van der Waals surface area contributed by atoms with Crippen molar-refractivity contribution < 1.29 is 17.9 Å². The first-order valence-electron chi connectivity index (χ1n) is 7.05. The highest BCUT2D eigenvalue weighted by molar-refractivity contribution is 7.89. The van der Waals surface area contributed by atoms with Crippen molar-refractivity contribution in [2.75, 3.05) is 13.7 Å². The maximum absolute atomic E-state index is 12.3. The van der Waals surface area contributed by atoms with Gasteiger partial charge in [0.25, 0.3) is 5.91 Å². The van der Waals surface area contributed by atoms with Crippen LogP contribution in [0.2, 0.25) is 5.02 Å². The number of sulfonamides is 1. The van der Waals surface area contributed by atoms with Crippen LogP contribution in [0.1, 0.15) is 15.9 Å². The van der Waals surface area contributed by atoms with Crippen LogP contribution in [0.25, 0.3) is 0 Å². The summed E-state index contributed by atoms with van der Waals surface area (Å²) in [5, 5.41) is 8.44. The Morgan fingerprint density at radius 2 is 2.00 bits per heavy atom. The smallest absolute Gasteiger partial charge is 0.255 e. The molecular weight excluding hydrogens is 352 g/mol. The summed E-state index contributed by atoms with van der Waals surface area (Å²) >= 11 is 5.91. The predicted molar refractivity (Wildman–Crippen MR) is 91.9 cm³/mol. The fourth-order valence-corrected chi connectivity index (χ4v) is 2.90. The van der Waals surface area contributed by atoms with E-state index in [9.17, 15) is 13.2 Å². The second-order valence-electron chi connectivity index (χ2n) is 5.04. The van der Waals surface area contributed by atoms with Gasteiger partial charge in [0, 0.05) is 11.6 Å². The fraction of sp³-hybridized carbons (Fsp3) is 0.188. The molecule has 128 valence electrons. The van der Waals surface area contributed by atoms with Crippen LogP contribution in [0.3, 0.4) is 0 Å². The normalized spacial score (nSPS) is 11.1. The molecule has 0 unspecified atom stereocenters. The second-order valence-corrected chi connectivity index (χ2v) is 7.04. The molecule has 2 aromatic carbocycles. The molecule has 0 fully saturated rings. The largest absolute Gasteiger partial charge is 0.496 e. The lowest BCUT2D eigenvalue weighted by Crippen LogP contribution is -2.26. The molecule has 6 nitrogen and oxygen atoms in total. The van der Waals surface area contributed by atoms with Gasteiger partial charge in [0.05, 0.1) is 17.6 Å². The highest BCUT2D eigenvalue weighted by atomic mass is 35.5. The Bertz CT molecular complexity index is 853. The van der Waals surface area contributed by atoms with E-state index in [-0.39, 0.29) is 16.2 Å². The lowest BCUT2D eigenvalue weighted by atomic mass is 10.1. The first-order valence-corrected chi connectivity index (χ1v) is 8.97. The molecule has 0 aromatic heterocycles. The van der Waals surface area contributed by atoms with Gasteiger partial charge in [-0.15, -0.1) is 0 Å². The maximum Gasteiger partial charge on any atom is 0.255 e. The van der Waals surface area contributed by atoms with Crippen molar-refractivity contribution in [3.8, 4) is 5.75 Å². The number of primary sulfonamides is 1. The van der Waals surface area contributed by atoms with Crippen LogP contribution in [0.4, 0.5) is 0 Å². The number of methoxy groups -OCH3 is 1. The van der Waals surface area contributed by atoms with Crippen LogP contribution in [0.5, 0.6) is 5.75 Å². The summed E-state index contributed by atoms with van der Waals surface area (Å²) in [6.07, 6.45) is 0.587. The molecule has 0 radical (unpaired) electrons. The molecule has 2 rings (SSSR count). The Hall–Kier alpha value is -2.09. The van der Waals surface area contributed by atoms with Gasteiger partial charge in [-0.05, 0) is 42.3 Å². The fourth-order valence-electron chi connectivity index (χ4n) is 2.15. The van der Waals surface area contributed by atoms with Crippen molar-refractivity contribution in [3.05, 3.63) is 58.6 Å². The lowest BCUT2D eigenvalue weighted by Gasteiger charge is -2.11. The molecular formula is C16H17ClN2O4S. The summed E-state index contributed by atoms with van der Waals surface area (Å²) in [6.45, 7) is 0.363. The van der Waals surface area contributed by atoms with E-state index in [0.717, 1.165) is 5.56 Å². The molecule has 3 N–H and O–H groups in total. The van der Waals surface area contributed by atoms with Crippen molar-refractivity contribution in [1.29, 1.82) is 0 Å². The molecule has 0 heterocycles. The summed E-state index contributed by atoms with van der Waals surface area (Å²) in [4.78, 5) is 12.2. The lowest BCUT2D eigenvalue weighted by molar-refractivity contribution is 0.0951. The zero-order chi connectivity index (χ0) is 17.7. The molecule has 0 spiro atoms.